The Balaban J connectivity index is 0.000000187. The van der Waals surface area contributed by atoms with Crippen LogP contribution in [0.2, 0.25) is 0 Å². The Morgan fingerprint density at radius 3 is 1.61 bits per heavy atom. The normalized spacial score (nSPS) is 11.9. The van der Waals surface area contributed by atoms with Gasteiger partial charge in [0.15, 0.2) is 5.89 Å². The number of hydrogen-bond acceptors (Lipinski definition) is 8. The quantitative estimate of drug-likeness (QED) is 0.445. The molecule has 0 fully saturated rings. The van der Waals surface area contributed by atoms with E-state index in [1.807, 2.05) is 54.7 Å². The van der Waals surface area contributed by atoms with E-state index in [0.29, 0.717) is 0 Å². The van der Waals surface area contributed by atoms with E-state index in [1.165, 1.54) is 4.88 Å². The van der Waals surface area contributed by atoms with Crippen LogP contribution >= 0.6 is 22.7 Å². The van der Waals surface area contributed by atoms with Gasteiger partial charge in [-0.3, -0.25) is 0 Å². The third-order valence-electron chi connectivity index (χ3n) is 3.11. The minimum absolute atomic E-state index is 0.734. The summed E-state index contributed by atoms with van der Waals surface area (Å²) in [6.45, 7) is 15.8. The second-order valence-electron chi connectivity index (χ2n) is 6.34. The van der Waals surface area contributed by atoms with E-state index in [4.69, 9.17) is 4.42 Å². The molecule has 0 unspecified atom stereocenters. The maximum atomic E-state index is 4.97. The molecule has 1 aliphatic rings. The lowest BCUT2D eigenvalue weighted by molar-refractivity contribution is 0.494. The lowest BCUT2D eigenvalue weighted by Crippen LogP contribution is -1.90. The highest BCUT2D eigenvalue weighted by molar-refractivity contribution is 7.11. The fraction of sp³-hybridized carbons (Fsp3) is 0.450. The Hall–Kier alpha value is -2.19. The second kappa shape index (κ2) is 12.3. The van der Waals surface area contributed by atoms with E-state index in [0.717, 1.165) is 45.2 Å². The first-order valence-corrected chi connectivity index (χ1v) is 10.6. The van der Waals surface area contributed by atoms with Gasteiger partial charge in [-0.05, 0) is 48.5 Å². The SMILES string of the molecule is CC1=NN=C(C)C1.Cc1cnc(C)o1.Cc1cnc(C)s1.Cc1csc(C)n1. The molecule has 0 bridgehead atoms. The second-order valence-corrected chi connectivity index (χ2v) is 8.84. The summed E-state index contributed by atoms with van der Waals surface area (Å²) in [4.78, 5) is 13.3. The highest BCUT2D eigenvalue weighted by Gasteiger charge is 2.00. The molecule has 152 valence electrons. The zero-order chi connectivity index (χ0) is 21.1. The molecule has 3 aromatic heterocycles. The van der Waals surface area contributed by atoms with E-state index < -0.39 is 0 Å². The molecule has 4 rings (SSSR count). The summed E-state index contributed by atoms with van der Waals surface area (Å²) in [7, 11) is 0. The summed E-state index contributed by atoms with van der Waals surface area (Å²) < 4.78 is 4.97. The highest BCUT2D eigenvalue weighted by atomic mass is 32.1. The molecule has 0 saturated heterocycles. The van der Waals surface area contributed by atoms with Crippen LogP contribution in [0.3, 0.4) is 0 Å². The van der Waals surface area contributed by atoms with Crippen molar-refractivity contribution in [2.45, 2.75) is 61.8 Å². The zero-order valence-corrected chi connectivity index (χ0v) is 19.5. The van der Waals surface area contributed by atoms with E-state index in [1.54, 1.807) is 28.9 Å². The summed E-state index contributed by atoms with van der Waals surface area (Å²) in [5.74, 6) is 1.61. The highest BCUT2D eigenvalue weighted by Crippen LogP contribution is 2.08. The first kappa shape index (κ1) is 23.8. The molecule has 0 N–H and O–H groups in total. The average Bonchev–Trinajstić information content (AvgIpc) is 3.37. The lowest BCUT2D eigenvalue weighted by atomic mass is 10.2. The number of oxazole rings is 1. The summed E-state index contributed by atoms with van der Waals surface area (Å²) in [6, 6.07) is 0. The molecule has 3 aromatic rings. The average molecular weight is 420 g/mol. The number of nitrogens with zero attached hydrogens (tertiary/aromatic N) is 5. The van der Waals surface area contributed by atoms with Crippen molar-refractivity contribution >= 4 is 34.1 Å². The Kier molecular flexibility index (Phi) is 10.5. The number of hydrogen-bond donors (Lipinski definition) is 0. The maximum Gasteiger partial charge on any atom is 0.191 e. The van der Waals surface area contributed by atoms with Crippen LogP contribution in [0.5, 0.6) is 0 Å². The zero-order valence-electron chi connectivity index (χ0n) is 17.9. The van der Waals surface area contributed by atoms with Gasteiger partial charge in [0, 0.05) is 46.9 Å². The Morgan fingerprint density at radius 2 is 1.46 bits per heavy atom. The van der Waals surface area contributed by atoms with E-state index in [-0.39, 0.29) is 0 Å². The van der Waals surface area contributed by atoms with Crippen molar-refractivity contribution in [2.24, 2.45) is 10.2 Å². The minimum Gasteiger partial charge on any atom is -0.446 e. The van der Waals surface area contributed by atoms with Gasteiger partial charge in [0.25, 0.3) is 0 Å². The van der Waals surface area contributed by atoms with Crippen molar-refractivity contribution in [3.05, 3.63) is 50.0 Å². The first-order valence-electron chi connectivity index (χ1n) is 8.89. The molecule has 1 aliphatic heterocycles. The molecule has 0 spiro atoms. The van der Waals surface area contributed by atoms with Crippen molar-refractivity contribution in [3.8, 4) is 0 Å². The molecule has 4 heterocycles. The summed E-state index contributed by atoms with van der Waals surface area (Å²) in [5.41, 5.74) is 3.37. The van der Waals surface area contributed by atoms with Crippen LogP contribution < -0.4 is 0 Å². The predicted molar refractivity (Wildman–Crippen MR) is 120 cm³/mol. The van der Waals surface area contributed by atoms with Crippen molar-refractivity contribution in [3.63, 3.8) is 0 Å². The van der Waals surface area contributed by atoms with Crippen LogP contribution in [-0.2, 0) is 0 Å². The van der Waals surface area contributed by atoms with Gasteiger partial charge in [-0.2, -0.15) is 10.2 Å². The van der Waals surface area contributed by atoms with Gasteiger partial charge in [0.1, 0.15) is 5.76 Å². The lowest BCUT2D eigenvalue weighted by Gasteiger charge is -1.80. The van der Waals surface area contributed by atoms with E-state index in [9.17, 15) is 0 Å². The number of rotatable bonds is 0. The molecule has 0 saturated carbocycles. The number of aromatic nitrogens is 3. The fourth-order valence-corrected chi connectivity index (χ4v) is 3.29. The molecule has 0 aromatic carbocycles. The minimum atomic E-state index is 0.734. The first-order chi connectivity index (χ1) is 13.2. The maximum absolute atomic E-state index is 4.97. The topological polar surface area (TPSA) is 76.5 Å². The molecule has 6 nitrogen and oxygen atoms in total. The molecule has 28 heavy (non-hydrogen) atoms. The fourth-order valence-electron chi connectivity index (χ4n) is 2.02. The van der Waals surface area contributed by atoms with Crippen molar-refractivity contribution < 1.29 is 4.42 Å². The Bertz CT molecular complexity index is 749. The van der Waals surface area contributed by atoms with Crippen LogP contribution in [0.4, 0.5) is 0 Å². The molecule has 0 aliphatic carbocycles. The van der Waals surface area contributed by atoms with Crippen molar-refractivity contribution in [2.75, 3.05) is 0 Å². The van der Waals surface area contributed by atoms with Gasteiger partial charge in [0.05, 0.1) is 16.2 Å². The largest absolute Gasteiger partial charge is 0.446 e. The third-order valence-corrected chi connectivity index (χ3v) is 4.83. The predicted octanol–water partition coefficient (Wildman–Crippen LogP) is 6.04. The van der Waals surface area contributed by atoms with Crippen LogP contribution in [0.1, 0.15) is 52.5 Å². The smallest absolute Gasteiger partial charge is 0.191 e. The molecule has 0 amide bonds. The van der Waals surface area contributed by atoms with Crippen LogP contribution in [-0.4, -0.2) is 26.4 Å². The van der Waals surface area contributed by atoms with E-state index >= 15 is 0 Å². The van der Waals surface area contributed by atoms with Gasteiger partial charge in [-0.15, -0.1) is 22.7 Å². The van der Waals surface area contributed by atoms with Crippen LogP contribution in [0.25, 0.3) is 0 Å². The van der Waals surface area contributed by atoms with E-state index in [2.05, 4.69) is 37.5 Å². The Labute approximate surface area is 175 Å². The molecular weight excluding hydrogens is 390 g/mol. The summed E-state index contributed by atoms with van der Waals surface area (Å²) in [6.07, 6.45) is 4.56. The Morgan fingerprint density at radius 1 is 0.821 bits per heavy atom. The molecular formula is C20H29N5OS2. The van der Waals surface area contributed by atoms with Gasteiger partial charge < -0.3 is 4.42 Å². The molecule has 0 atom stereocenters. The van der Waals surface area contributed by atoms with Gasteiger partial charge in [0.2, 0.25) is 0 Å². The van der Waals surface area contributed by atoms with Gasteiger partial charge >= 0.3 is 0 Å². The van der Waals surface area contributed by atoms with Gasteiger partial charge in [-0.1, -0.05) is 0 Å². The van der Waals surface area contributed by atoms with Crippen LogP contribution in [0, 0.1) is 41.5 Å². The molecule has 0 radical (unpaired) electrons. The monoisotopic (exact) mass is 419 g/mol. The number of aryl methyl sites for hydroxylation is 6. The van der Waals surface area contributed by atoms with Gasteiger partial charge in [-0.25, -0.2) is 15.0 Å². The summed E-state index contributed by atoms with van der Waals surface area (Å²) in [5, 5.41) is 12.0. The van der Waals surface area contributed by atoms with Crippen molar-refractivity contribution in [1.29, 1.82) is 0 Å². The van der Waals surface area contributed by atoms with Crippen molar-refractivity contribution in [1.82, 2.24) is 15.0 Å². The number of thiazole rings is 2. The third kappa shape index (κ3) is 10.8. The summed E-state index contributed by atoms with van der Waals surface area (Å²) >= 11 is 3.42. The standard InChI is InChI=1S/C5H8N2.C5H7NO.2C5H7NS/c1-4-3-5(2)7-6-4;1-4-3-6-5(2)7-4;1-4-3-7-5(2)6-4;1-4-3-6-5(2)7-4/h3H2,1-2H3;3*3H,1-2H3. The van der Waals surface area contributed by atoms with Crippen LogP contribution in [0.15, 0.2) is 32.4 Å². The molecule has 8 heteroatoms.